The zero-order valence-corrected chi connectivity index (χ0v) is 9.83. The second-order valence-electron chi connectivity index (χ2n) is 3.85. The largest absolute Gasteiger partial charge is 0.508 e. The van der Waals surface area contributed by atoms with Crippen LogP contribution in [-0.4, -0.2) is 22.0 Å². The lowest BCUT2D eigenvalue weighted by atomic mass is 10.1. The molecule has 0 aromatic heterocycles. The summed E-state index contributed by atoms with van der Waals surface area (Å²) in [5.41, 5.74) is 0.260. The monoisotopic (exact) mass is 257 g/mol. The maximum Gasteiger partial charge on any atom is 0.261 e. The molecule has 96 valence electrons. The number of rotatable bonds is 2. The van der Waals surface area contributed by atoms with Gasteiger partial charge in [-0.3, -0.25) is 14.9 Å². The first-order valence-corrected chi connectivity index (χ1v) is 5.50. The van der Waals surface area contributed by atoms with Gasteiger partial charge in [0.2, 0.25) is 0 Å². The van der Waals surface area contributed by atoms with Crippen molar-refractivity contribution >= 4 is 11.8 Å². The van der Waals surface area contributed by atoms with Crippen molar-refractivity contribution in [2.45, 2.75) is 0 Å². The number of hydrogen-bond acceptors (Lipinski definition) is 4. The van der Waals surface area contributed by atoms with Gasteiger partial charge in [-0.25, -0.2) is 0 Å². The molecule has 0 unspecified atom stereocenters. The van der Waals surface area contributed by atoms with E-state index in [0.717, 1.165) is 6.07 Å². The first kappa shape index (κ1) is 12.6. The lowest BCUT2D eigenvalue weighted by Gasteiger charge is -2.06. The standard InChI is InChI=1S/C14H11NO4/c16-10-6-7-11(12(17)8-10)14(19)15-13(18)9-4-2-1-3-5-9/h1-8,16-17H,(H,15,18,19). The molecule has 0 spiro atoms. The summed E-state index contributed by atoms with van der Waals surface area (Å²) in [6.45, 7) is 0. The molecule has 0 saturated carbocycles. The summed E-state index contributed by atoms with van der Waals surface area (Å²) >= 11 is 0. The Bertz CT molecular complexity index is 623. The minimum absolute atomic E-state index is 0.0814. The first-order valence-electron chi connectivity index (χ1n) is 5.50. The van der Waals surface area contributed by atoms with Gasteiger partial charge < -0.3 is 10.2 Å². The number of imide groups is 1. The van der Waals surface area contributed by atoms with E-state index in [1.54, 1.807) is 30.3 Å². The molecule has 19 heavy (non-hydrogen) atoms. The lowest BCUT2D eigenvalue weighted by molar-refractivity contribution is 0.0848. The van der Waals surface area contributed by atoms with E-state index in [-0.39, 0.29) is 11.3 Å². The maximum atomic E-state index is 11.8. The molecule has 0 atom stereocenters. The summed E-state index contributed by atoms with van der Waals surface area (Å²) in [4.78, 5) is 23.5. The van der Waals surface area contributed by atoms with Gasteiger partial charge in [0.25, 0.3) is 11.8 Å². The van der Waals surface area contributed by atoms with Gasteiger partial charge in [-0.2, -0.15) is 0 Å². The molecular weight excluding hydrogens is 246 g/mol. The lowest BCUT2D eigenvalue weighted by Crippen LogP contribution is -2.30. The summed E-state index contributed by atoms with van der Waals surface area (Å²) in [6, 6.07) is 11.8. The number of nitrogens with one attached hydrogen (secondary N) is 1. The van der Waals surface area contributed by atoms with Crippen molar-refractivity contribution in [3.05, 3.63) is 59.7 Å². The number of aromatic hydroxyl groups is 2. The molecule has 2 aromatic rings. The molecule has 2 amide bonds. The van der Waals surface area contributed by atoms with Crippen molar-refractivity contribution in [3.8, 4) is 11.5 Å². The number of phenols is 2. The third-order valence-electron chi connectivity index (χ3n) is 2.49. The van der Waals surface area contributed by atoms with Gasteiger partial charge in [-0.1, -0.05) is 18.2 Å². The molecule has 5 heteroatoms. The number of phenolic OH excluding ortho intramolecular Hbond substituents is 2. The van der Waals surface area contributed by atoms with Crippen molar-refractivity contribution in [1.82, 2.24) is 5.32 Å². The van der Waals surface area contributed by atoms with Crippen molar-refractivity contribution in [2.75, 3.05) is 0 Å². The second-order valence-corrected chi connectivity index (χ2v) is 3.85. The molecule has 0 aliphatic carbocycles. The SMILES string of the molecule is O=C(NC(=O)c1ccc(O)cc1O)c1ccccc1. The molecule has 0 radical (unpaired) electrons. The van der Waals surface area contributed by atoms with E-state index in [4.69, 9.17) is 5.11 Å². The van der Waals surface area contributed by atoms with E-state index >= 15 is 0 Å². The number of benzene rings is 2. The van der Waals surface area contributed by atoms with E-state index < -0.39 is 17.6 Å². The molecule has 0 aliphatic heterocycles. The van der Waals surface area contributed by atoms with Crippen LogP contribution in [0.4, 0.5) is 0 Å². The van der Waals surface area contributed by atoms with Crippen molar-refractivity contribution in [1.29, 1.82) is 0 Å². The van der Waals surface area contributed by atoms with E-state index in [1.807, 2.05) is 0 Å². The van der Waals surface area contributed by atoms with Gasteiger partial charge in [0, 0.05) is 11.6 Å². The molecule has 0 fully saturated rings. The molecular formula is C14H11NO4. The van der Waals surface area contributed by atoms with Crippen LogP contribution in [0.2, 0.25) is 0 Å². The van der Waals surface area contributed by atoms with Crippen LogP contribution in [0.3, 0.4) is 0 Å². The zero-order valence-electron chi connectivity index (χ0n) is 9.83. The van der Waals surface area contributed by atoms with E-state index in [2.05, 4.69) is 5.32 Å². The number of carbonyl (C=O) groups excluding carboxylic acids is 2. The topological polar surface area (TPSA) is 86.6 Å². The highest BCUT2D eigenvalue weighted by Crippen LogP contribution is 2.22. The van der Waals surface area contributed by atoms with Gasteiger partial charge in [-0.05, 0) is 24.3 Å². The molecule has 3 N–H and O–H groups in total. The van der Waals surface area contributed by atoms with Crippen LogP contribution in [0.15, 0.2) is 48.5 Å². The normalized spacial score (nSPS) is 9.89. The van der Waals surface area contributed by atoms with E-state index in [0.29, 0.717) is 5.56 Å². The van der Waals surface area contributed by atoms with Crippen LogP contribution < -0.4 is 5.32 Å². The predicted molar refractivity (Wildman–Crippen MR) is 68.0 cm³/mol. The van der Waals surface area contributed by atoms with E-state index in [9.17, 15) is 14.7 Å². The Balaban J connectivity index is 2.15. The molecule has 2 aromatic carbocycles. The van der Waals surface area contributed by atoms with Gasteiger partial charge >= 0.3 is 0 Å². The molecule has 0 saturated heterocycles. The summed E-state index contributed by atoms with van der Waals surface area (Å²) < 4.78 is 0. The quantitative estimate of drug-likeness (QED) is 0.714. The Morgan fingerprint density at radius 1 is 0.895 bits per heavy atom. The van der Waals surface area contributed by atoms with Gasteiger partial charge in [0.15, 0.2) is 0 Å². The average molecular weight is 257 g/mol. The summed E-state index contributed by atoms with van der Waals surface area (Å²) in [5.74, 6) is -1.84. The van der Waals surface area contributed by atoms with Crippen LogP contribution in [0.25, 0.3) is 0 Å². The third kappa shape index (κ3) is 2.90. The Kier molecular flexibility index (Phi) is 3.47. The molecule has 5 nitrogen and oxygen atoms in total. The Morgan fingerprint density at radius 2 is 1.58 bits per heavy atom. The summed E-state index contributed by atoms with van der Waals surface area (Å²) in [7, 11) is 0. The average Bonchev–Trinajstić information content (AvgIpc) is 2.39. The summed E-state index contributed by atoms with van der Waals surface area (Å²) in [5, 5.41) is 20.8. The van der Waals surface area contributed by atoms with Crippen LogP contribution in [0.1, 0.15) is 20.7 Å². The molecule has 2 rings (SSSR count). The Morgan fingerprint density at radius 3 is 2.21 bits per heavy atom. The van der Waals surface area contributed by atoms with Crippen molar-refractivity contribution < 1.29 is 19.8 Å². The number of carbonyl (C=O) groups is 2. The van der Waals surface area contributed by atoms with Gasteiger partial charge in [-0.15, -0.1) is 0 Å². The van der Waals surface area contributed by atoms with Crippen LogP contribution in [0, 0.1) is 0 Å². The van der Waals surface area contributed by atoms with Crippen LogP contribution in [0.5, 0.6) is 11.5 Å². The highest BCUT2D eigenvalue weighted by Gasteiger charge is 2.15. The van der Waals surface area contributed by atoms with Crippen LogP contribution in [-0.2, 0) is 0 Å². The van der Waals surface area contributed by atoms with Crippen molar-refractivity contribution in [2.24, 2.45) is 0 Å². The fourth-order valence-corrected chi connectivity index (χ4v) is 1.54. The Hall–Kier alpha value is -2.82. The Labute approximate surface area is 109 Å². The number of hydrogen-bond donors (Lipinski definition) is 3. The molecule has 0 aliphatic rings. The first-order chi connectivity index (χ1) is 9.08. The fraction of sp³-hybridized carbons (Fsp3) is 0. The summed E-state index contributed by atoms with van der Waals surface area (Å²) in [6.07, 6.45) is 0. The molecule has 0 bridgehead atoms. The second kappa shape index (κ2) is 5.22. The smallest absolute Gasteiger partial charge is 0.261 e. The highest BCUT2D eigenvalue weighted by molar-refractivity contribution is 6.11. The van der Waals surface area contributed by atoms with Crippen molar-refractivity contribution in [3.63, 3.8) is 0 Å². The highest BCUT2D eigenvalue weighted by atomic mass is 16.3. The number of amides is 2. The maximum absolute atomic E-state index is 11.8. The predicted octanol–water partition coefficient (Wildman–Crippen LogP) is 1.67. The van der Waals surface area contributed by atoms with Crippen LogP contribution >= 0.6 is 0 Å². The zero-order chi connectivity index (χ0) is 13.8. The third-order valence-corrected chi connectivity index (χ3v) is 2.49. The van der Waals surface area contributed by atoms with Gasteiger partial charge in [0.05, 0.1) is 5.56 Å². The molecule has 0 heterocycles. The van der Waals surface area contributed by atoms with E-state index in [1.165, 1.54) is 12.1 Å². The van der Waals surface area contributed by atoms with Gasteiger partial charge in [0.1, 0.15) is 11.5 Å². The minimum Gasteiger partial charge on any atom is -0.508 e. The minimum atomic E-state index is -0.730. The fourth-order valence-electron chi connectivity index (χ4n) is 1.54.